The van der Waals surface area contributed by atoms with Gasteiger partial charge in [-0.05, 0) is 37.0 Å². The van der Waals surface area contributed by atoms with Crippen molar-refractivity contribution in [3.63, 3.8) is 0 Å². The highest BCUT2D eigenvalue weighted by molar-refractivity contribution is 5.88. The zero-order valence-electron chi connectivity index (χ0n) is 17.7. The minimum atomic E-state index is -0.305. The molecule has 2 heterocycles. The Morgan fingerprint density at radius 1 is 1.32 bits per heavy atom. The molecule has 3 N–H and O–H groups in total. The molecule has 1 fully saturated rings. The molecule has 31 heavy (non-hydrogen) atoms. The highest BCUT2D eigenvalue weighted by atomic mass is 19.1. The molecule has 0 amide bonds. The van der Waals surface area contributed by atoms with Crippen LogP contribution < -0.4 is 15.8 Å². The number of aromatic nitrogens is 3. The number of nitrogens with zero attached hydrogens (tertiary/aromatic N) is 4. The second kappa shape index (κ2) is 9.31. The number of nitrogens with one attached hydrogen (secondary N) is 1. The summed E-state index contributed by atoms with van der Waals surface area (Å²) in [5.74, 6) is -0.0651. The van der Waals surface area contributed by atoms with E-state index in [1.807, 2.05) is 6.07 Å². The van der Waals surface area contributed by atoms with Crippen molar-refractivity contribution >= 4 is 16.9 Å². The molecule has 0 radical (unpaired) electrons. The average molecular weight is 423 g/mol. The van der Waals surface area contributed by atoms with Crippen molar-refractivity contribution in [3.05, 3.63) is 46.9 Å². The molecule has 1 aromatic carbocycles. The molecule has 1 aliphatic rings. The molecule has 0 unspecified atom stereocenters. The van der Waals surface area contributed by atoms with Crippen LogP contribution in [-0.4, -0.2) is 27.2 Å². The van der Waals surface area contributed by atoms with Crippen LogP contribution >= 0.6 is 0 Å². The number of rotatable bonds is 9. The maximum absolute atomic E-state index is 14.9. The first-order chi connectivity index (χ1) is 15.1. The van der Waals surface area contributed by atoms with Gasteiger partial charge in [0.1, 0.15) is 23.4 Å². The third-order valence-electron chi connectivity index (χ3n) is 5.75. The van der Waals surface area contributed by atoms with Gasteiger partial charge in [-0.3, -0.25) is 0 Å². The van der Waals surface area contributed by atoms with Crippen molar-refractivity contribution in [1.82, 2.24) is 19.9 Å². The standard InChI is InChI=1S/C23H27FN6O/c1-2-3-9-31-23-28-21(26)19-11-18(12-25)30(22(19)29-23)14-16-8-7-15(10-20(16)24)13-27-17-5-4-6-17/h7-8,10-11,17,27H,2-6,9,13-14H2,1H3,(H2,26,28,29). The Balaban J connectivity index is 1.59. The Labute approximate surface area is 181 Å². The number of fused-ring (bicyclic) bond motifs is 1. The second-order valence-electron chi connectivity index (χ2n) is 7.99. The summed E-state index contributed by atoms with van der Waals surface area (Å²) >= 11 is 0. The molecule has 0 spiro atoms. The van der Waals surface area contributed by atoms with Crippen LogP contribution in [0, 0.1) is 17.1 Å². The van der Waals surface area contributed by atoms with Crippen LogP contribution in [0.2, 0.25) is 0 Å². The third kappa shape index (κ3) is 4.62. The summed E-state index contributed by atoms with van der Waals surface area (Å²) in [7, 11) is 0. The molecule has 8 heteroatoms. The second-order valence-corrected chi connectivity index (χ2v) is 7.99. The smallest absolute Gasteiger partial charge is 0.320 e. The van der Waals surface area contributed by atoms with E-state index in [0.717, 1.165) is 18.4 Å². The molecule has 7 nitrogen and oxygen atoms in total. The van der Waals surface area contributed by atoms with E-state index in [1.165, 1.54) is 19.3 Å². The molecule has 0 bridgehead atoms. The highest BCUT2D eigenvalue weighted by Crippen LogP contribution is 2.26. The number of nitriles is 1. The first-order valence-corrected chi connectivity index (χ1v) is 10.8. The van der Waals surface area contributed by atoms with Crippen molar-refractivity contribution in [2.45, 2.75) is 58.2 Å². The van der Waals surface area contributed by atoms with Crippen molar-refractivity contribution in [2.24, 2.45) is 0 Å². The van der Waals surface area contributed by atoms with Crippen molar-refractivity contribution < 1.29 is 9.13 Å². The summed E-state index contributed by atoms with van der Waals surface area (Å²) in [6.07, 6.45) is 5.49. The van der Waals surface area contributed by atoms with Gasteiger partial charge in [0.2, 0.25) is 0 Å². The first kappa shape index (κ1) is 21.1. The van der Waals surface area contributed by atoms with E-state index >= 15 is 0 Å². The molecule has 2 aromatic heterocycles. The van der Waals surface area contributed by atoms with E-state index in [9.17, 15) is 9.65 Å². The van der Waals surface area contributed by atoms with E-state index in [0.29, 0.717) is 41.5 Å². The Kier molecular flexibility index (Phi) is 6.33. The summed E-state index contributed by atoms with van der Waals surface area (Å²) in [4.78, 5) is 8.64. The molecular weight excluding hydrogens is 395 g/mol. The number of hydrogen-bond donors (Lipinski definition) is 2. The average Bonchev–Trinajstić information content (AvgIpc) is 3.07. The number of halogens is 1. The Bertz CT molecular complexity index is 1120. The van der Waals surface area contributed by atoms with E-state index in [1.54, 1.807) is 22.8 Å². The van der Waals surface area contributed by atoms with Crippen LogP contribution in [0.3, 0.4) is 0 Å². The van der Waals surface area contributed by atoms with Gasteiger partial charge in [0.15, 0.2) is 5.65 Å². The Morgan fingerprint density at radius 3 is 2.84 bits per heavy atom. The minimum absolute atomic E-state index is 0.166. The van der Waals surface area contributed by atoms with Crippen LogP contribution in [0.1, 0.15) is 55.8 Å². The van der Waals surface area contributed by atoms with Gasteiger partial charge in [0, 0.05) is 18.2 Å². The Morgan fingerprint density at radius 2 is 2.16 bits per heavy atom. The third-order valence-corrected chi connectivity index (χ3v) is 5.75. The fourth-order valence-corrected chi connectivity index (χ4v) is 3.63. The molecule has 0 atom stereocenters. The lowest BCUT2D eigenvalue weighted by atomic mass is 9.93. The maximum atomic E-state index is 14.9. The molecular formula is C23H27FN6O. The van der Waals surface area contributed by atoms with Gasteiger partial charge in [0.25, 0.3) is 0 Å². The zero-order chi connectivity index (χ0) is 21.8. The van der Waals surface area contributed by atoms with Crippen LogP contribution in [0.25, 0.3) is 11.0 Å². The zero-order valence-corrected chi connectivity index (χ0v) is 17.7. The molecule has 4 rings (SSSR count). The quantitative estimate of drug-likeness (QED) is 0.507. The van der Waals surface area contributed by atoms with Crippen molar-refractivity contribution in [3.8, 4) is 12.1 Å². The first-order valence-electron chi connectivity index (χ1n) is 10.8. The van der Waals surface area contributed by atoms with Crippen LogP contribution in [0.5, 0.6) is 6.01 Å². The fourth-order valence-electron chi connectivity index (χ4n) is 3.63. The summed E-state index contributed by atoms with van der Waals surface area (Å²) in [6.45, 7) is 3.37. The maximum Gasteiger partial charge on any atom is 0.320 e. The fraction of sp³-hybridized carbons (Fsp3) is 0.435. The van der Waals surface area contributed by atoms with Gasteiger partial charge in [-0.2, -0.15) is 15.2 Å². The molecule has 1 saturated carbocycles. The van der Waals surface area contributed by atoms with Crippen molar-refractivity contribution in [2.75, 3.05) is 12.3 Å². The summed E-state index contributed by atoms with van der Waals surface area (Å²) in [6, 6.07) is 9.74. The number of benzene rings is 1. The molecule has 3 aromatic rings. The lowest BCUT2D eigenvalue weighted by Gasteiger charge is -2.26. The topological polar surface area (TPSA) is 102 Å². The van der Waals surface area contributed by atoms with E-state index in [-0.39, 0.29) is 24.2 Å². The normalized spacial score (nSPS) is 13.8. The molecule has 0 saturated heterocycles. The molecule has 1 aliphatic carbocycles. The van der Waals surface area contributed by atoms with Crippen LogP contribution in [0.4, 0.5) is 10.2 Å². The van der Waals surface area contributed by atoms with Gasteiger partial charge < -0.3 is 20.4 Å². The predicted octanol–water partition coefficient (Wildman–Crippen LogP) is 3.89. The summed E-state index contributed by atoms with van der Waals surface area (Å²) in [5.41, 5.74) is 8.27. The van der Waals surface area contributed by atoms with Gasteiger partial charge in [0.05, 0.1) is 18.5 Å². The van der Waals surface area contributed by atoms with Gasteiger partial charge in [-0.15, -0.1) is 0 Å². The van der Waals surface area contributed by atoms with Gasteiger partial charge >= 0.3 is 6.01 Å². The molecule has 0 aliphatic heterocycles. The highest BCUT2D eigenvalue weighted by Gasteiger charge is 2.18. The largest absolute Gasteiger partial charge is 0.463 e. The lowest BCUT2D eigenvalue weighted by Crippen LogP contribution is -2.34. The number of hydrogen-bond acceptors (Lipinski definition) is 6. The van der Waals surface area contributed by atoms with Crippen LogP contribution in [0.15, 0.2) is 24.3 Å². The number of nitrogens with two attached hydrogens (primary N) is 1. The monoisotopic (exact) mass is 422 g/mol. The minimum Gasteiger partial charge on any atom is -0.463 e. The number of anilines is 1. The SMILES string of the molecule is CCCCOc1nc(N)c2cc(C#N)n(Cc3ccc(CNC4CCC4)cc3F)c2n1. The van der Waals surface area contributed by atoms with Gasteiger partial charge in [-0.1, -0.05) is 31.9 Å². The van der Waals surface area contributed by atoms with E-state index < -0.39 is 0 Å². The predicted molar refractivity (Wildman–Crippen MR) is 117 cm³/mol. The molecule has 162 valence electrons. The van der Waals surface area contributed by atoms with Crippen LogP contribution in [-0.2, 0) is 13.1 Å². The number of unbranched alkanes of at least 4 members (excludes halogenated alkanes) is 1. The number of ether oxygens (including phenoxy) is 1. The van der Waals surface area contributed by atoms with Crippen molar-refractivity contribution in [1.29, 1.82) is 5.26 Å². The summed E-state index contributed by atoms with van der Waals surface area (Å²) in [5, 5.41) is 13.6. The lowest BCUT2D eigenvalue weighted by molar-refractivity contribution is 0.286. The van der Waals surface area contributed by atoms with Gasteiger partial charge in [-0.25, -0.2) is 4.39 Å². The number of nitrogen functional groups attached to an aromatic ring is 1. The Hall–Kier alpha value is -3.18. The van der Waals surface area contributed by atoms with E-state index in [4.69, 9.17) is 10.5 Å². The van der Waals surface area contributed by atoms with E-state index in [2.05, 4.69) is 28.3 Å². The summed E-state index contributed by atoms with van der Waals surface area (Å²) < 4.78 is 22.1.